The Hall–Kier alpha value is -4.25. The first-order valence-electron chi connectivity index (χ1n) is 38.7. The molecular weight excluding hydrogens is 1200 g/mol. The SMILES string of the molecule is CCCCCCCCCCCCCCCCCCOc1cc(CC(CC(=O)O)(C(=O)O)[C@@]2(P=[O+]CCC#N)C[C@H](n3cc(C)c(=O)[nH]c3=O)O[C@@H]2CO)cc(OCCCCCCCCCCCCCCCCCC)c1OCCCCCCCCCCCCCCCCCC. The lowest BCUT2D eigenvalue weighted by Gasteiger charge is -2.40. The summed E-state index contributed by atoms with van der Waals surface area (Å²) in [6.45, 7) is 8.61. The number of hydrogen-bond donors (Lipinski definition) is 4. The zero-order chi connectivity index (χ0) is 68.0. The van der Waals surface area contributed by atoms with E-state index in [2.05, 4.69) is 25.8 Å². The second-order valence-electron chi connectivity index (χ2n) is 27.7. The van der Waals surface area contributed by atoms with Crippen molar-refractivity contribution in [1.29, 1.82) is 5.26 Å². The number of aliphatic hydroxyl groups excluding tert-OH is 1. The van der Waals surface area contributed by atoms with Crippen molar-refractivity contribution in [3.05, 3.63) is 50.3 Å². The van der Waals surface area contributed by atoms with Crippen LogP contribution in [-0.4, -0.2) is 81.1 Å². The Kier molecular flexibility index (Phi) is 48.9. The van der Waals surface area contributed by atoms with Crippen molar-refractivity contribution in [2.24, 2.45) is 5.41 Å². The normalized spacial score (nSPS) is 16.2. The third kappa shape index (κ3) is 34.8. The summed E-state index contributed by atoms with van der Waals surface area (Å²) >= 11 is 0. The van der Waals surface area contributed by atoms with Gasteiger partial charge < -0.3 is 34.3 Å². The van der Waals surface area contributed by atoms with Crippen LogP contribution in [-0.2, 0) is 24.9 Å². The summed E-state index contributed by atoms with van der Waals surface area (Å²) < 4.78 is 33.9. The molecule has 538 valence electrons. The molecule has 0 saturated carbocycles. The van der Waals surface area contributed by atoms with E-state index in [9.17, 15) is 39.8 Å². The number of carboxylic acid groups (broad SMARTS) is 2. The van der Waals surface area contributed by atoms with Gasteiger partial charge in [-0.25, -0.2) is 8.99 Å². The van der Waals surface area contributed by atoms with E-state index in [0.29, 0.717) is 42.6 Å². The number of aromatic amines is 1. The van der Waals surface area contributed by atoms with E-state index in [-0.39, 0.29) is 33.5 Å². The van der Waals surface area contributed by atoms with Crippen molar-refractivity contribution in [1.82, 2.24) is 9.55 Å². The number of carbonyl (C=O) groups is 2. The third-order valence-electron chi connectivity index (χ3n) is 19.5. The van der Waals surface area contributed by atoms with Gasteiger partial charge in [0.15, 0.2) is 16.7 Å². The second-order valence-corrected chi connectivity index (χ2v) is 29.0. The molecule has 1 fully saturated rings. The van der Waals surface area contributed by atoms with Gasteiger partial charge in [-0.15, -0.1) is 0 Å². The molecule has 0 bridgehead atoms. The molecule has 3 rings (SSSR count). The number of unbranched alkanes of at least 4 members (excludes halogenated alkanes) is 45. The summed E-state index contributed by atoms with van der Waals surface area (Å²) in [5, 5.41) is 41.5. The number of aliphatic carboxylic acids is 2. The van der Waals surface area contributed by atoms with Crippen molar-refractivity contribution in [2.45, 2.75) is 379 Å². The van der Waals surface area contributed by atoms with Crippen LogP contribution in [0, 0.1) is 23.7 Å². The van der Waals surface area contributed by atoms with Gasteiger partial charge in [-0.05, 0) is 50.3 Å². The number of carboxylic acids is 2. The van der Waals surface area contributed by atoms with Crippen LogP contribution in [0.5, 0.6) is 17.2 Å². The maximum Gasteiger partial charge on any atom is 0.404 e. The number of aliphatic hydroxyl groups is 1. The van der Waals surface area contributed by atoms with Crippen LogP contribution in [0.4, 0.5) is 0 Å². The average Bonchev–Trinajstić information content (AvgIpc) is 1.49. The van der Waals surface area contributed by atoms with Crippen LogP contribution < -0.4 is 25.5 Å². The standard InChI is InChI=1S/C78H134N3O12P/c1-5-8-11-14-17-20-23-26-29-32-35-38-41-44-47-50-55-89-68-59-67(61-77(75(86)87,63-72(83)84)78(94-92-58-53-54-79)62-71(93-70(78)65-82)81-64-66(4)74(85)80-76(81)88)60-69(90-56-51-48-45-42-39-36-33-30-27-24-21-18-15-12-9-6-2)73(68)91-57-52-49-46-43-40-37-34-31-28-25-22-19-16-13-10-7-3/h59-60,64,70-71,82H,5-53,55-58,61-63,65H2,1-4H3,(H2-,80,83,84,85,86,87,88)/p+1/t70-,71-,77?,78-/m1/s1. The molecule has 1 saturated heterocycles. The highest BCUT2D eigenvalue weighted by Crippen LogP contribution is 2.59. The summed E-state index contributed by atoms with van der Waals surface area (Å²) in [5.74, 6) is -1.68. The first-order chi connectivity index (χ1) is 45.9. The van der Waals surface area contributed by atoms with Crippen LogP contribution in [0.2, 0.25) is 0 Å². The van der Waals surface area contributed by atoms with Gasteiger partial charge in [-0.1, -0.05) is 310 Å². The molecule has 1 aromatic heterocycles. The van der Waals surface area contributed by atoms with E-state index >= 15 is 0 Å². The van der Waals surface area contributed by atoms with E-state index in [4.69, 9.17) is 23.1 Å². The van der Waals surface area contributed by atoms with Gasteiger partial charge in [-0.2, -0.15) is 5.26 Å². The molecule has 16 heteroatoms. The van der Waals surface area contributed by atoms with Crippen LogP contribution >= 0.6 is 8.46 Å². The molecule has 1 aromatic carbocycles. The Balaban J connectivity index is 1.91. The number of ether oxygens (including phenoxy) is 4. The monoisotopic (exact) mass is 1340 g/mol. The molecule has 1 aliphatic heterocycles. The number of H-pyrrole nitrogens is 1. The summed E-state index contributed by atoms with van der Waals surface area (Å²) in [7, 11) is -0.0662. The van der Waals surface area contributed by atoms with Crippen molar-refractivity contribution >= 4 is 20.4 Å². The van der Waals surface area contributed by atoms with Gasteiger partial charge in [0.1, 0.15) is 24.2 Å². The fourth-order valence-corrected chi connectivity index (χ4v) is 15.1. The van der Waals surface area contributed by atoms with E-state index < -0.39 is 65.5 Å². The summed E-state index contributed by atoms with van der Waals surface area (Å²) in [6, 6.07) is 5.56. The second kappa shape index (κ2) is 54.7. The topological polar surface area (TPSA) is 222 Å². The molecule has 0 spiro atoms. The van der Waals surface area contributed by atoms with Gasteiger partial charge in [0, 0.05) is 18.2 Å². The highest BCUT2D eigenvalue weighted by molar-refractivity contribution is 7.26. The molecule has 0 radical (unpaired) electrons. The van der Waals surface area contributed by atoms with Gasteiger partial charge in [0.25, 0.3) is 12.2 Å². The third-order valence-corrected chi connectivity index (χ3v) is 21.1. The van der Waals surface area contributed by atoms with Crippen molar-refractivity contribution in [2.75, 3.05) is 33.0 Å². The van der Waals surface area contributed by atoms with Crippen molar-refractivity contribution < 1.29 is 48.1 Å². The van der Waals surface area contributed by atoms with Crippen LogP contribution in [0.15, 0.2) is 27.9 Å². The minimum absolute atomic E-state index is 0.0458. The lowest BCUT2D eigenvalue weighted by molar-refractivity contribution is -0.160. The highest BCUT2D eigenvalue weighted by Gasteiger charge is 2.70. The molecule has 2 aromatic rings. The van der Waals surface area contributed by atoms with Crippen LogP contribution in [0.3, 0.4) is 0 Å². The Morgan fingerprint density at radius 1 is 0.596 bits per heavy atom. The maximum atomic E-state index is 14.5. The fraction of sp³-hybridized carbons (Fsp3) is 0.833. The minimum Gasteiger partial charge on any atom is -0.490 e. The van der Waals surface area contributed by atoms with Crippen molar-refractivity contribution in [3.8, 4) is 23.3 Å². The molecule has 0 aliphatic carbocycles. The molecule has 15 nitrogen and oxygen atoms in total. The largest absolute Gasteiger partial charge is 0.490 e. The van der Waals surface area contributed by atoms with E-state index in [1.165, 1.54) is 251 Å². The Morgan fingerprint density at radius 2 is 0.947 bits per heavy atom. The molecule has 0 amide bonds. The number of nitrogens with zero attached hydrogens (tertiary/aromatic N) is 2. The average molecular weight is 1340 g/mol. The van der Waals surface area contributed by atoms with Gasteiger partial charge in [0.2, 0.25) is 5.75 Å². The lowest BCUT2D eigenvalue weighted by atomic mass is 9.65. The van der Waals surface area contributed by atoms with E-state index in [1.54, 1.807) is 12.1 Å². The van der Waals surface area contributed by atoms with Crippen LogP contribution in [0.1, 0.15) is 366 Å². The summed E-state index contributed by atoms with van der Waals surface area (Å²) in [6.07, 6.45) is 56.9. The van der Waals surface area contributed by atoms with Crippen molar-refractivity contribution in [3.63, 3.8) is 0 Å². The number of nitriles is 1. The first-order valence-corrected chi connectivity index (χ1v) is 39.5. The molecule has 94 heavy (non-hydrogen) atoms. The fourth-order valence-electron chi connectivity index (χ4n) is 13.7. The number of rotatable bonds is 65. The highest BCUT2D eigenvalue weighted by atomic mass is 31.1. The summed E-state index contributed by atoms with van der Waals surface area (Å²) in [4.78, 5) is 56.1. The predicted molar refractivity (Wildman–Crippen MR) is 385 cm³/mol. The maximum absolute atomic E-state index is 14.5. The molecular formula is C78H135N3O12P+. The number of hydrogen-bond acceptors (Lipinski definition) is 10. The number of nitrogens with one attached hydrogen (secondary N) is 1. The summed E-state index contributed by atoms with van der Waals surface area (Å²) in [5.41, 5.74) is -3.10. The number of aromatic nitrogens is 2. The molecule has 4 N–H and O–H groups in total. The zero-order valence-corrected chi connectivity index (χ0v) is 60.9. The lowest BCUT2D eigenvalue weighted by Crippen LogP contribution is -2.57. The van der Waals surface area contributed by atoms with Gasteiger partial charge >= 0.3 is 26.1 Å². The molecule has 4 atom stereocenters. The Labute approximate surface area is 571 Å². The molecule has 2 heterocycles. The van der Waals surface area contributed by atoms with Gasteiger partial charge in [-0.3, -0.25) is 23.9 Å². The predicted octanol–water partition coefficient (Wildman–Crippen LogP) is 21.3. The quantitative estimate of drug-likeness (QED) is 0.0276. The Bertz CT molecular complexity index is 2380. The Morgan fingerprint density at radius 3 is 1.28 bits per heavy atom. The van der Waals surface area contributed by atoms with E-state index in [0.717, 1.165) is 75.2 Å². The zero-order valence-electron chi connectivity index (χ0n) is 60.0. The molecule has 1 aliphatic rings. The van der Waals surface area contributed by atoms with Crippen LogP contribution in [0.25, 0.3) is 0 Å². The number of aryl methyl sites for hydroxylation is 1. The molecule has 1 unspecified atom stereocenters. The number of benzene rings is 1. The van der Waals surface area contributed by atoms with E-state index in [1.807, 2.05) is 6.07 Å². The minimum atomic E-state index is -2.28. The first kappa shape index (κ1) is 84.0. The van der Waals surface area contributed by atoms with Gasteiger partial charge in [0.05, 0.1) is 38.9 Å². The smallest absolute Gasteiger partial charge is 0.404 e.